The van der Waals surface area contributed by atoms with Gasteiger partial charge in [-0.2, -0.15) is 4.31 Å². The van der Waals surface area contributed by atoms with Crippen molar-refractivity contribution in [2.24, 2.45) is 0 Å². The van der Waals surface area contributed by atoms with Crippen LogP contribution in [0.2, 0.25) is 0 Å². The maximum Gasteiger partial charge on any atom is 0.407 e. The van der Waals surface area contributed by atoms with E-state index >= 15 is 0 Å². The highest BCUT2D eigenvalue weighted by molar-refractivity contribution is 7.89. The largest absolute Gasteiger partial charge is 0.453 e. The number of amides is 1. The highest BCUT2D eigenvalue weighted by Gasteiger charge is 2.35. The van der Waals surface area contributed by atoms with E-state index in [1.807, 2.05) is 84.9 Å². The molecule has 0 aromatic heterocycles. The van der Waals surface area contributed by atoms with E-state index in [1.54, 1.807) is 13.8 Å². The Morgan fingerprint density at radius 2 is 1.36 bits per heavy atom. The van der Waals surface area contributed by atoms with Crippen LogP contribution in [-0.2, 0) is 32.4 Å². The average molecular weight is 658 g/mol. The Balaban J connectivity index is 1.62. The molecule has 0 bridgehead atoms. The van der Waals surface area contributed by atoms with Crippen LogP contribution in [0.3, 0.4) is 0 Å². The first-order valence-electron chi connectivity index (χ1n) is 15.6. The highest BCUT2D eigenvalue weighted by Crippen LogP contribution is 2.30. The number of nitrogen functional groups attached to an aromatic ring is 1. The molecule has 0 unspecified atom stereocenters. The zero-order valence-electron chi connectivity index (χ0n) is 27.0. The number of Topliss-reactive ketones (excluding diaryl/α,β-unsaturated/α-hetero) is 1. The van der Waals surface area contributed by atoms with Crippen LogP contribution in [0.4, 0.5) is 10.5 Å². The van der Waals surface area contributed by atoms with Crippen LogP contribution in [0.1, 0.15) is 48.4 Å². The maximum absolute atomic E-state index is 14.2. The summed E-state index contributed by atoms with van der Waals surface area (Å²) < 4.78 is 33.6. The Morgan fingerprint density at radius 3 is 1.87 bits per heavy atom. The van der Waals surface area contributed by atoms with E-state index in [0.717, 1.165) is 22.3 Å². The number of aliphatic hydroxyl groups is 1. The van der Waals surface area contributed by atoms with Crippen molar-refractivity contribution in [2.75, 3.05) is 19.5 Å². The molecule has 0 saturated carbocycles. The minimum Gasteiger partial charge on any atom is -0.453 e. The van der Waals surface area contributed by atoms with Gasteiger partial charge < -0.3 is 20.9 Å². The van der Waals surface area contributed by atoms with Crippen LogP contribution in [0, 0.1) is 0 Å². The lowest BCUT2D eigenvalue weighted by Crippen LogP contribution is -2.47. The van der Waals surface area contributed by atoms with Gasteiger partial charge in [0.1, 0.15) is 6.04 Å². The number of carbonyl (C=O) groups is 2. The van der Waals surface area contributed by atoms with Crippen LogP contribution in [0.25, 0.3) is 0 Å². The van der Waals surface area contributed by atoms with Crippen LogP contribution < -0.4 is 11.1 Å². The molecule has 0 aliphatic heterocycles. The molecule has 47 heavy (non-hydrogen) atoms. The second-order valence-electron chi connectivity index (χ2n) is 11.7. The van der Waals surface area contributed by atoms with Crippen molar-refractivity contribution >= 4 is 27.6 Å². The van der Waals surface area contributed by atoms with Gasteiger partial charge in [-0.25, -0.2) is 13.2 Å². The Morgan fingerprint density at radius 1 is 0.830 bits per heavy atom. The fourth-order valence-electron chi connectivity index (χ4n) is 5.98. The molecule has 4 aromatic carbocycles. The Hall–Kier alpha value is -4.51. The lowest BCUT2D eigenvalue weighted by Gasteiger charge is -2.33. The number of rotatable bonds is 15. The number of ether oxygens (including phenoxy) is 1. The molecular formula is C37H43N3O6S. The van der Waals surface area contributed by atoms with Crippen LogP contribution in [0.5, 0.6) is 0 Å². The van der Waals surface area contributed by atoms with Gasteiger partial charge in [0.15, 0.2) is 5.78 Å². The van der Waals surface area contributed by atoms with Gasteiger partial charge in [-0.05, 0) is 73.2 Å². The number of nitrogens with zero attached hydrogens (tertiary/aromatic N) is 1. The highest BCUT2D eigenvalue weighted by atomic mass is 32.2. The molecule has 0 spiro atoms. The topological polar surface area (TPSA) is 139 Å². The van der Waals surface area contributed by atoms with Crippen LogP contribution >= 0.6 is 0 Å². The van der Waals surface area contributed by atoms with Crippen molar-refractivity contribution in [3.8, 4) is 0 Å². The molecule has 2 atom stereocenters. The van der Waals surface area contributed by atoms with Crippen molar-refractivity contribution in [3.63, 3.8) is 0 Å². The van der Waals surface area contributed by atoms with E-state index in [9.17, 15) is 23.1 Å². The number of sulfonamides is 1. The van der Waals surface area contributed by atoms with E-state index in [-0.39, 0.29) is 23.7 Å². The fraction of sp³-hybridized carbons (Fsp3) is 0.297. The standard InChI is InChI=1S/C37H43N3O6S/c1-26(2)40(47(44,45)33-22-19-31(38)20-23-33)32(25-41)21-18-27-12-10-11-17-30(27)24-34(42)36(39-37(43)46-3)35(28-13-6-4-7-14-28)29-15-8-5-9-16-29/h4-17,19-20,22-23,26,32,35-36,41H,18,21,24-25,38H2,1-3H3,(H,39,43)/t32-,36+/m0/s1. The second kappa shape index (κ2) is 16.4. The number of ketones is 1. The third-order valence-electron chi connectivity index (χ3n) is 8.22. The minimum absolute atomic E-state index is 0.0163. The lowest BCUT2D eigenvalue weighted by atomic mass is 9.81. The predicted molar refractivity (Wildman–Crippen MR) is 183 cm³/mol. The number of methoxy groups -OCH3 is 1. The molecular weight excluding hydrogens is 614 g/mol. The SMILES string of the molecule is COC(=O)N[C@H](C(=O)Cc1ccccc1CC[C@@H](CO)N(C(C)C)S(=O)(=O)c1ccc(N)cc1)C(c1ccccc1)c1ccccc1. The fourth-order valence-corrected chi connectivity index (χ4v) is 7.83. The third kappa shape index (κ3) is 8.85. The van der Waals surface area contributed by atoms with Crippen LogP contribution in [-0.4, -0.2) is 61.5 Å². The summed E-state index contributed by atoms with van der Waals surface area (Å²) in [5.74, 6) is -0.693. The first-order valence-corrected chi connectivity index (χ1v) is 17.0. The van der Waals surface area contributed by atoms with Gasteiger partial charge in [0.2, 0.25) is 10.0 Å². The molecule has 0 aliphatic rings. The van der Waals surface area contributed by atoms with Gasteiger partial charge >= 0.3 is 6.09 Å². The Bertz CT molecular complexity index is 1670. The zero-order valence-corrected chi connectivity index (χ0v) is 27.8. The van der Waals surface area contributed by atoms with Crippen molar-refractivity contribution in [3.05, 3.63) is 131 Å². The van der Waals surface area contributed by atoms with E-state index in [2.05, 4.69) is 5.32 Å². The molecule has 4 N–H and O–H groups in total. The average Bonchev–Trinajstić information content (AvgIpc) is 3.07. The molecule has 4 rings (SSSR count). The molecule has 1 amide bonds. The summed E-state index contributed by atoms with van der Waals surface area (Å²) in [5, 5.41) is 13.2. The Labute approximate surface area is 277 Å². The third-order valence-corrected chi connectivity index (χ3v) is 10.4. The normalized spacial score (nSPS) is 13.0. The first-order chi connectivity index (χ1) is 22.6. The van der Waals surface area contributed by atoms with Gasteiger partial charge in [0.05, 0.1) is 18.6 Å². The molecule has 0 aliphatic carbocycles. The summed E-state index contributed by atoms with van der Waals surface area (Å²) in [6.07, 6.45) is 0.0255. The summed E-state index contributed by atoms with van der Waals surface area (Å²) in [7, 11) is -2.68. The molecule has 9 nitrogen and oxygen atoms in total. The lowest BCUT2D eigenvalue weighted by molar-refractivity contribution is -0.120. The van der Waals surface area contributed by atoms with Crippen molar-refractivity contribution in [1.29, 1.82) is 0 Å². The Kier molecular flexibility index (Phi) is 12.3. The molecule has 0 fully saturated rings. The summed E-state index contributed by atoms with van der Waals surface area (Å²) in [6.45, 7) is 3.16. The second-order valence-corrected chi connectivity index (χ2v) is 13.5. The quantitative estimate of drug-likeness (QED) is 0.147. The van der Waals surface area contributed by atoms with E-state index in [1.165, 1.54) is 35.7 Å². The number of nitrogens with two attached hydrogens (primary N) is 1. The van der Waals surface area contributed by atoms with Gasteiger partial charge in [0.25, 0.3) is 0 Å². The monoisotopic (exact) mass is 657 g/mol. The van der Waals surface area contributed by atoms with E-state index in [4.69, 9.17) is 10.5 Å². The number of benzene rings is 4. The number of carbonyl (C=O) groups excluding carboxylic acids is 2. The van der Waals surface area contributed by atoms with Crippen LogP contribution in [0.15, 0.2) is 114 Å². The molecule has 4 aromatic rings. The molecule has 0 saturated heterocycles. The molecule has 0 radical (unpaired) electrons. The molecule has 0 heterocycles. The minimum atomic E-state index is -3.94. The zero-order chi connectivity index (χ0) is 34.0. The van der Waals surface area contributed by atoms with Crippen molar-refractivity contribution in [2.45, 2.75) is 62.0 Å². The first kappa shape index (κ1) is 35.3. The number of aliphatic hydroxyl groups excluding tert-OH is 1. The summed E-state index contributed by atoms with van der Waals surface area (Å²) in [4.78, 5) is 26.9. The molecule has 10 heteroatoms. The van der Waals surface area contributed by atoms with Gasteiger partial charge in [0, 0.05) is 30.1 Å². The number of hydrogen-bond donors (Lipinski definition) is 3. The summed E-state index contributed by atoms with van der Waals surface area (Å²) in [5.41, 5.74) is 9.56. The smallest absolute Gasteiger partial charge is 0.407 e. The van der Waals surface area contributed by atoms with Gasteiger partial charge in [-0.1, -0.05) is 84.9 Å². The summed E-state index contributed by atoms with van der Waals surface area (Å²) >= 11 is 0. The number of hydrogen-bond acceptors (Lipinski definition) is 7. The van der Waals surface area contributed by atoms with E-state index < -0.39 is 40.2 Å². The van der Waals surface area contributed by atoms with Crippen molar-refractivity contribution in [1.82, 2.24) is 9.62 Å². The number of aryl methyl sites for hydroxylation is 1. The predicted octanol–water partition coefficient (Wildman–Crippen LogP) is 5.33. The number of nitrogens with one attached hydrogen (secondary N) is 1. The van der Waals surface area contributed by atoms with Gasteiger partial charge in [-0.3, -0.25) is 4.79 Å². The summed E-state index contributed by atoms with van der Waals surface area (Å²) in [6, 6.07) is 30.5. The van der Waals surface area contributed by atoms with Crippen molar-refractivity contribution < 1.29 is 27.9 Å². The van der Waals surface area contributed by atoms with Gasteiger partial charge in [-0.15, -0.1) is 0 Å². The number of anilines is 1. The van der Waals surface area contributed by atoms with E-state index in [0.29, 0.717) is 18.5 Å². The molecule has 248 valence electrons. The number of alkyl carbamates (subject to hydrolysis) is 1. The maximum atomic E-state index is 14.2.